The zero-order valence-corrected chi connectivity index (χ0v) is 16.3. The van der Waals surface area contributed by atoms with E-state index in [-0.39, 0.29) is 11.8 Å². The maximum absolute atomic E-state index is 12.5. The first-order valence-corrected chi connectivity index (χ1v) is 9.25. The van der Waals surface area contributed by atoms with E-state index in [9.17, 15) is 9.59 Å². The molecule has 0 fully saturated rings. The number of aryl methyl sites for hydroxylation is 1. The number of rotatable bonds is 10. The van der Waals surface area contributed by atoms with Gasteiger partial charge in [-0.3, -0.25) is 9.59 Å². The van der Waals surface area contributed by atoms with Gasteiger partial charge in [0, 0.05) is 18.7 Å². The van der Waals surface area contributed by atoms with E-state index in [1.165, 1.54) is 0 Å². The summed E-state index contributed by atoms with van der Waals surface area (Å²) in [6.45, 7) is 13.6. The molecule has 1 unspecified atom stereocenters. The second kappa shape index (κ2) is 10.9. The summed E-state index contributed by atoms with van der Waals surface area (Å²) in [5.74, 6) is 0.0149. The van der Waals surface area contributed by atoms with E-state index in [0.29, 0.717) is 24.4 Å². The van der Waals surface area contributed by atoms with Gasteiger partial charge < -0.3 is 15.5 Å². The maximum Gasteiger partial charge on any atom is 0.252 e. The Morgan fingerprint density at radius 1 is 1.12 bits per heavy atom. The predicted octanol–water partition coefficient (Wildman–Crippen LogP) is 2.60. The quantitative estimate of drug-likeness (QED) is 0.684. The number of carbonyl (C=O) groups excluding carboxylic acids is 2. The number of nitrogens with zero attached hydrogens (tertiary/aromatic N) is 1. The molecule has 5 nitrogen and oxygen atoms in total. The van der Waals surface area contributed by atoms with Crippen LogP contribution in [-0.2, 0) is 4.79 Å². The Kier molecular flexibility index (Phi) is 9.21. The highest BCUT2D eigenvalue weighted by molar-refractivity contribution is 5.98. The molecule has 140 valence electrons. The topological polar surface area (TPSA) is 61.4 Å². The summed E-state index contributed by atoms with van der Waals surface area (Å²) in [4.78, 5) is 27.3. The third-order valence-electron chi connectivity index (χ3n) is 4.34. The molecule has 0 saturated carbocycles. The fourth-order valence-electron chi connectivity index (χ4n) is 2.77. The molecule has 0 aromatic heterocycles. The Hall–Kier alpha value is -1.88. The Balaban J connectivity index is 2.68. The first kappa shape index (κ1) is 21.2. The van der Waals surface area contributed by atoms with E-state index in [0.717, 1.165) is 25.2 Å². The summed E-state index contributed by atoms with van der Waals surface area (Å²) >= 11 is 0. The Morgan fingerprint density at radius 2 is 1.76 bits per heavy atom. The molecule has 1 atom stereocenters. The highest BCUT2D eigenvalue weighted by Crippen LogP contribution is 2.10. The summed E-state index contributed by atoms with van der Waals surface area (Å²) < 4.78 is 0. The third kappa shape index (κ3) is 7.26. The average Bonchev–Trinajstić information content (AvgIpc) is 2.57. The van der Waals surface area contributed by atoms with E-state index >= 15 is 0 Å². The van der Waals surface area contributed by atoms with Crippen LogP contribution in [0.15, 0.2) is 24.3 Å². The smallest absolute Gasteiger partial charge is 0.252 e. The van der Waals surface area contributed by atoms with Crippen molar-refractivity contribution in [3.8, 4) is 0 Å². The van der Waals surface area contributed by atoms with Crippen LogP contribution in [0.4, 0.5) is 0 Å². The van der Waals surface area contributed by atoms with Crippen LogP contribution in [0.25, 0.3) is 0 Å². The van der Waals surface area contributed by atoms with Gasteiger partial charge >= 0.3 is 0 Å². The number of hydrogen-bond donors (Lipinski definition) is 2. The van der Waals surface area contributed by atoms with Crippen LogP contribution in [0.2, 0.25) is 0 Å². The minimum atomic E-state index is -0.510. The van der Waals surface area contributed by atoms with Crippen molar-refractivity contribution in [1.82, 2.24) is 15.5 Å². The Labute approximate surface area is 152 Å². The summed E-state index contributed by atoms with van der Waals surface area (Å²) in [6, 6.07) is 6.91. The van der Waals surface area contributed by atoms with Crippen molar-refractivity contribution in [2.24, 2.45) is 5.92 Å². The molecule has 2 N–H and O–H groups in total. The number of carbonyl (C=O) groups is 2. The fraction of sp³-hybridized carbons (Fsp3) is 0.600. The molecule has 0 radical (unpaired) electrons. The number of amides is 2. The van der Waals surface area contributed by atoms with E-state index in [1.807, 2.05) is 25.1 Å². The second-order valence-corrected chi connectivity index (χ2v) is 6.79. The second-order valence-electron chi connectivity index (χ2n) is 6.79. The van der Waals surface area contributed by atoms with Gasteiger partial charge in [0.05, 0.1) is 0 Å². The molecule has 0 aliphatic rings. The first-order valence-electron chi connectivity index (χ1n) is 9.25. The van der Waals surface area contributed by atoms with Gasteiger partial charge in [-0.15, -0.1) is 0 Å². The van der Waals surface area contributed by atoms with Crippen LogP contribution in [0, 0.1) is 12.8 Å². The van der Waals surface area contributed by atoms with E-state index in [2.05, 4.69) is 43.2 Å². The zero-order chi connectivity index (χ0) is 18.8. The molecule has 1 aromatic rings. The minimum absolute atomic E-state index is 0.109. The molecule has 5 heteroatoms. The average molecular weight is 348 g/mol. The van der Waals surface area contributed by atoms with Gasteiger partial charge in [-0.25, -0.2) is 0 Å². The highest BCUT2D eigenvalue weighted by atomic mass is 16.2. The van der Waals surface area contributed by atoms with Crippen LogP contribution < -0.4 is 10.6 Å². The number of hydrogen-bond acceptors (Lipinski definition) is 3. The highest BCUT2D eigenvalue weighted by Gasteiger charge is 2.22. The van der Waals surface area contributed by atoms with E-state index in [1.54, 1.807) is 6.07 Å². The lowest BCUT2D eigenvalue weighted by Crippen LogP contribution is -2.49. The van der Waals surface area contributed by atoms with Crippen molar-refractivity contribution in [2.45, 2.75) is 47.1 Å². The first-order chi connectivity index (χ1) is 11.9. The maximum atomic E-state index is 12.5. The SMILES string of the molecule is CCN(CC)CCNC(=O)C(CC(C)C)NC(=O)c1ccccc1C. The summed E-state index contributed by atoms with van der Waals surface area (Å²) in [7, 11) is 0. The minimum Gasteiger partial charge on any atom is -0.353 e. The standard InChI is InChI=1S/C20H33N3O2/c1-6-23(7-2)13-12-21-20(25)18(14-15(3)4)22-19(24)17-11-9-8-10-16(17)5/h8-11,15,18H,6-7,12-14H2,1-5H3,(H,21,25)(H,22,24). The lowest BCUT2D eigenvalue weighted by Gasteiger charge is -2.22. The Bertz CT molecular complexity index is 554. The van der Waals surface area contributed by atoms with Gasteiger partial charge in [-0.05, 0) is 44.0 Å². The van der Waals surface area contributed by atoms with Crippen molar-refractivity contribution in [2.75, 3.05) is 26.2 Å². The fourth-order valence-corrected chi connectivity index (χ4v) is 2.77. The summed E-state index contributed by atoms with van der Waals surface area (Å²) in [5, 5.41) is 5.87. The van der Waals surface area contributed by atoms with Crippen LogP contribution in [0.3, 0.4) is 0 Å². The molecule has 0 bridgehead atoms. The van der Waals surface area contributed by atoms with Crippen LogP contribution >= 0.6 is 0 Å². The lowest BCUT2D eigenvalue weighted by molar-refractivity contribution is -0.123. The molecule has 0 aliphatic carbocycles. The monoisotopic (exact) mass is 347 g/mol. The van der Waals surface area contributed by atoms with Gasteiger partial charge in [0.2, 0.25) is 5.91 Å². The van der Waals surface area contributed by atoms with Gasteiger partial charge in [-0.1, -0.05) is 45.9 Å². The van der Waals surface area contributed by atoms with Crippen molar-refractivity contribution in [3.05, 3.63) is 35.4 Å². The molecule has 0 aliphatic heterocycles. The van der Waals surface area contributed by atoms with E-state index < -0.39 is 6.04 Å². The summed E-state index contributed by atoms with van der Waals surface area (Å²) in [5.41, 5.74) is 1.53. The molecule has 1 aromatic carbocycles. The van der Waals surface area contributed by atoms with Crippen molar-refractivity contribution in [1.29, 1.82) is 0 Å². The van der Waals surface area contributed by atoms with Crippen molar-refractivity contribution < 1.29 is 9.59 Å². The van der Waals surface area contributed by atoms with Crippen LogP contribution in [0.1, 0.15) is 50.0 Å². The molecule has 1 rings (SSSR count). The lowest BCUT2D eigenvalue weighted by atomic mass is 10.0. The molecule has 0 heterocycles. The van der Waals surface area contributed by atoms with Gasteiger partial charge in [-0.2, -0.15) is 0 Å². The van der Waals surface area contributed by atoms with Crippen molar-refractivity contribution >= 4 is 11.8 Å². The molecular weight excluding hydrogens is 314 g/mol. The molecule has 0 saturated heterocycles. The van der Waals surface area contributed by atoms with Crippen molar-refractivity contribution in [3.63, 3.8) is 0 Å². The molecular formula is C20H33N3O2. The van der Waals surface area contributed by atoms with Gasteiger partial charge in [0.1, 0.15) is 6.04 Å². The predicted molar refractivity (Wildman–Crippen MR) is 103 cm³/mol. The van der Waals surface area contributed by atoms with Gasteiger partial charge in [0.25, 0.3) is 5.91 Å². The Morgan fingerprint density at radius 3 is 2.32 bits per heavy atom. The zero-order valence-electron chi connectivity index (χ0n) is 16.3. The van der Waals surface area contributed by atoms with Crippen LogP contribution in [-0.4, -0.2) is 48.9 Å². The largest absolute Gasteiger partial charge is 0.353 e. The third-order valence-corrected chi connectivity index (χ3v) is 4.34. The number of benzene rings is 1. The van der Waals surface area contributed by atoms with Crippen LogP contribution in [0.5, 0.6) is 0 Å². The number of likely N-dealkylation sites (N-methyl/N-ethyl adjacent to an activating group) is 1. The summed E-state index contributed by atoms with van der Waals surface area (Å²) in [6.07, 6.45) is 0.620. The normalized spacial score (nSPS) is 12.3. The molecule has 0 spiro atoms. The number of nitrogens with one attached hydrogen (secondary N) is 2. The molecule has 2 amide bonds. The van der Waals surface area contributed by atoms with E-state index in [4.69, 9.17) is 0 Å². The molecule has 25 heavy (non-hydrogen) atoms. The van der Waals surface area contributed by atoms with Gasteiger partial charge in [0.15, 0.2) is 0 Å².